The van der Waals surface area contributed by atoms with Crippen molar-refractivity contribution in [2.45, 2.75) is 0 Å². The molecule has 5 nitrogen and oxygen atoms in total. The number of hydrogen-bond donors (Lipinski definition) is 2. The second-order valence-electron chi connectivity index (χ2n) is 4.49. The van der Waals surface area contributed by atoms with Crippen molar-refractivity contribution in [2.24, 2.45) is 0 Å². The molecule has 2 N–H and O–H groups in total. The number of aromatic carboxylic acids is 1. The van der Waals surface area contributed by atoms with Gasteiger partial charge in [-0.15, -0.1) is 0 Å². The number of nitrogens with zero attached hydrogens (tertiary/aromatic N) is 1. The average molecular weight is 303 g/mol. The molecule has 0 fully saturated rings. The van der Waals surface area contributed by atoms with Gasteiger partial charge >= 0.3 is 5.97 Å². The number of benzene rings is 2. The van der Waals surface area contributed by atoms with E-state index in [0.29, 0.717) is 16.5 Å². The Hall–Kier alpha value is -2.53. The molecular weight excluding hydrogens is 292 g/mol. The summed E-state index contributed by atoms with van der Waals surface area (Å²) in [6.07, 6.45) is 0. The van der Waals surface area contributed by atoms with Crippen LogP contribution in [0, 0.1) is 0 Å². The number of carboxylic acids is 1. The van der Waals surface area contributed by atoms with Crippen LogP contribution < -0.4 is 4.74 Å². The summed E-state index contributed by atoms with van der Waals surface area (Å²) >= 11 is 6.12. The van der Waals surface area contributed by atoms with Gasteiger partial charge in [-0.2, -0.15) is 5.10 Å². The smallest absolute Gasteiger partial charge is 0.335 e. The summed E-state index contributed by atoms with van der Waals surface area (Å²) in [5, 5.41) is 17.4. The number of nitrogens with one attached hydrogen (secondary N) is 1. The van der Waals surface area contributed by atoms with Crippen molar-refractivity contribution >= 4 is 28.5 Å². The van der Waals surface area contributed by atoms with Crippen molar-refractivity contribution in [3.05, 3.63) is 47.0 Å². The Morgan fingerprint density at radius 2 is 2.10 bits per heavy atom. The summed E-state index contributed by atoms with van der Waals surface area (Å²) in [4.78, 5) is 11.1. The highest BCUT2D eigenvalue weighted by molar-refractivity contribution is 6.32. The largest absolute Gasteiger partial charge is 0.495 e. The summed E-state index contributed by atoms with van der Waals surface area (Å²) in [6.45, 7) is 0. The standard InChI is InChI=1S/C15H11ClN2O3/c1-21-13-5-3-8(7-11(13)16)14-10-6-9(15(19)20)2-4-12(10)17-18-14/h2-7H,1H3,(H,17,18)(H,19,20). The zero-order chi connectivity index (χ0) is 15.0. The third kappa shape index (κ3) is 2.32. The summed E-state index contributed by atoms with van der Waals surface area (Å²) in [5.41, 5.74) is 2.42. The molecule has 0 aliphatic heterocycles. The highest BCUT2D eigenvalue weighted by Crippen LogP contribution is 2.32. The Morgan fingerprint density at radius 1 is 1.29 bits per heavy atom. The van der Waals surface area contributed by atoms with Crippen LogP contribution in [0.3, 0.4) is 0 Å². The first-order valence-electron chi connectivity index (χ1n) is 6.15. The van der Waals surface area contributed by atoms with Gasteiger partial charge in [0.25, 0.3) is 0 Å². The molecule has 0 saturated carbocycles. The van der Waals surface area contributed by atoms with E-state index >= 15 is 0 Å². The summed E-state index contributed by atoms with van der Waals surface area (Å²) < 4.78 is 5.12. The van der Waals surface area contributed by atoms with Gasteiger partial charge in [-0.25, -0.2) is 4.79 Å². The van der Waals surface area contributed by atoms with E-state index in [1.807, 2.05) is 6.07 Å². The number of methoxy groups -OCH3 is 1. The number of carboxylic acid groups (broad SMARTS) is 1. The number of fused-ring (bicyclic) bond motifs is 1. The van der Waals surface area contributed by atoms with Crippen LogP contribution in [0.25, 0.3) is 22.2 Å². The van der Waals surface area contributed by atoms with E-state index in [9.17, 15) is 4.79 Å². The molecule has 0 atom stereocenters. The minimum absolute atomic E-state index is 0.213. The molecule has 0 aliphatic rings. The number of halogens is 1. The molecule has 6 heteroatoms. The molecule has 0 saturated heterocycles. The Labute approximate surface area is 125 Å². The van der Waals surface area contributed by atoms with Gasteiger partial charge in [0.05, 0.1) is 28.9 Å². The third-order valence-corrected chi connectivity index (χ3v) is 3.53. The first-order valence-corrected chi connectivity index (χ1v) is 6.53. The van der Waals surface area contributed by atoms with Crippen molar-refractivity contribution in [1.29, 1.82) is 0 Å². The van der Waals surface area contributed by atoms with Crippen molar-refractivity contribution < 1.29 is 14.6 Å². The lowest BCUT2D eigenvalue weighted by atomic mass is 10.1. The van der Waals surface area contributed by atoms with Crippen LogP contribution in [0.2, 0.25) is 5.02 Å². The van der Waals surface area contributed by atoms with Gasteiger partial charge in [-0.3, -0.25) is 5.10 Å². The van der Waals surface area contributed by atoms with Crippen LogP contribution in [0.5, 0.6) is 5.75 Å². The number of rotatable bonds is 3. The maximum absolute atomic E-state index is 11.1. The zero-order valence-electron chi connectivity index (χ0n) is 11.1. The molecule has 0 unspecified atom stereocenters. The van der Waals surface area contributed by atoms with Crippen LogP contribution in [0.15, 0.2) is 36.4 Å². The fourth-order valence-corrected chi connectivity index (χ4v) is 2.44. The van der Waals surface area contributed by atoms with Gasteiger partial charge in [0.15, 0.2) is 0 Å². The predicted molar refractivity (Wildman–Crippen MR) is 80.1 cm³/mol. The maximum atomic E-state index is 11.1. The first-order chi connectivity index (χ1) is 10.1. The quantitative estimate of drug-likeness (QED) is 0.775. The number of aromatic amines is 1. The van der Waals surface area contributed by atoms with E-state index in [-0.39, 0.29) is 5.56 Å². The van der Waals surface area contributed by atoms with E-state index in [2.05, 4.69) is 10.2 Å². The van der Waals surface area contributed by atoms with Crippen molar-refractivity contribution in [1.82, 2.24) is 10.2 Å². The Balaban J connectivity index is 2.18. The van der Waals surface area contributed by atoms with Gasteiger partial charge in [-0.1, -0.05) is 11.6 Å². The molecule has 0 bridgehead atoms. The van der Waals surface area contributed by atoms with E-state index in [1.165, 1.54) is 6.07 Å². The fourth-order valence-electron chi connectivity index (χ4n) is 2.18. The lowest BCUT2D eigenvalue weighted by Gasteiger charge is -2.05. The second-order valence-corrected chi connectivity index (χ2v) is 4.89. The Bertz CT molecular complexity index is 842. The molecule has 3 aromatic rings. The first kappa shape index (κ1) is 13.5. The molecular formula is C15H11ClN2O3. The number of hydrogen-bond acceptors (Lipinski definition) is 3. The highest BCUT2D eigenvalue weighted by atomic mass is 35.5. The van der Waals surface area contributed by atoms with Gasteiger partial charge in [-0.05, 0) is 36.4 Å². The molecule has 0 radical (unpaired) electrons. The molecule has 0 amide bonds. The SMILES string of the molecule is COc1ccc(-c2n[nH]c3ccc(C(=O)O)cc23)cc1Cl. The normalized spacial score (nSPS) is 10.8. The summed E-state index contributed by atoms with van der Waals surface area (Å²) in [7, 11) is 1.55. The molecule has 0 aliphatic carbocycles. The van der Waals surface area contributed by atoms with Gasteiger partial charge in [0.2, 0.25) is 0 Å². The van der Waals surface area contributed by atoms with Crippen molar-refractivity contribution in [3.63, 3.8) is 0 Å². The number of H-pyrrole nitrogens is 1. The maximum Gasteiger partial charge on any atom is 0.335 e. The lowest BCUT2D eigenvalue weighted by molar-refractivity contribution is 0.0697. The highest BCUT2D eigenvalue weighted by Gasteiger charge is 2.12. The summed E-state index contributed by atoms with van der Waals surface area (Å²) in [6, 6.07) is 10.1. The monoisotopic (exact) mass is 302 g/mol. The Morgan fingerprint density at radius 3 is 2.76 bits per heavy atom. The second kappa shape index (κ2) is 5.10. The number of aromatic nitrogens is 2. The average Bonchev–Trinajstić information content (AvgIpc) is 2.90. The van der Waals surface area contributed by atoms with Crippen LogP contribution in [-0.4, -0.2) is 28.4 Å². The van der Waals surface area contributed by atoms with Crippen molar-refractivity contribution in [3.8, 4) is 17.0 Å². The van der Waals surface area contributed by atoms with Gasteiger partial charge < -0.3 is 9.84 Å². The molecule has 0 spiro atoms. The molecule has 1 heterocycles. The predicted octanol–water partition coefficient (Wildman–Crippen LogP) is 3.59. The Kier molecular flexibility index (Phi) is 3.27. The fraction of sp³-hybridized carbons (Fsp3) is 0.0667. The van der Waals surface area contributed by atoms with Crippen LogP contribution in [0.1, 0.15) is 10.4 Å². The van der Waals surface area contributed by atoms with E-state index in [0.717, 1.165) is 16.5 Å². The minimum Gasteiger partial charge on any atom is -0.495 e. The molecule has 1 aromatic heterocycles. The van der Waals surface area contributed by atoms with Gasteiger partial charge in [0.1, 0.15) is 5.75 Å². The van der Waals surface area contributed by atoms with Gasteiger partial charge in [0, 0.05) is 10.9 Å². The zero-order valence-corrected chi connectivity index (χ0v) is 11.8. The summed E-state index contributed by atoms with van der Waals surface area (Å²) in [5.74, 6) is -0.400. The van der Waals surface area contributed by atoms with Crippen molar-refractivity contribution in [2.75, 3.05) is 7.11 Å². The molecule has 106 valence electrons. The number of ether oxygens (including phenoxy) is 1. The number of carbonyl (C=O) groups is 1. The van der Waals surface area contributed by atoms with E-state index in [4.69, 9.17) is 21.4 Å². The van der Waals surface area contributed by atoms with E-state index < -0.39 is 5.97 Å². The van der Waals surface area contributed by atoms with Crippen LogP contribution in [0.4, 0.5) is 0 Å². The molecule has 2 aromatic carbocycles. The van der Waals surface area contributed by atoms with Crippen LogP contribution in [-0.2, 0) is 0 Å². The molecule has 21 heavy (non-hydrogen) atoms. The lowest BCUT2D eigenvalue weighted by Crippen LogP contribution is -1.95. The minimum atomic E-state index is -0.975. The van der Waals surface area contributed by atoms with E-state index in [1.54, 1.807) is 31.4 Å². The van der Waals surface area contributed by atoms with Crippen LogP contribution >= 0.6 is 11.6 Å². The third-order valence-electron chi connectivity index (χ3n) is 3.24. The topological polar surface area (TPSA) is 75.2 Å². The molecule has 3 rings (SSSR count).